The second-order valence-electron chi connectivity index (χ2n) is 11.1. The van der Waals surface area contributed by atoms with Gasteiger partial charge in [0.05, 0.1) is 26.4 Å². The van der Waals surface area contributed by atoms with E-state index >= 15 is 0 Å². The number of ether oxygens (including phenoxy) is 5. The molecule has 0 aromatic heterocycles. The molecule has 12 nitrogen and oxygen atoms in total. The lowest BCUT2D eigenvalue weighted by Crippen LogP contribution is -2.34. The second kappa shape index (κ2) is 23.3. The number of carbonyl (C=O) groups is 4. The van der Waals surface area contributed by atoms with Crippen LogP contribution in [0.15, 0.2) is 18.2 Å². The Bertz CT molecular complexity index is 996. The first-order chi connectivity index (χ1) is 21.1. The van der Waals surface area contributed by atoms with Crippen molar-refractivity contribution < 1.29 is 42.9 Å². The third-order valence-corrected chi connectivity index (χ3v) is 5.74. The Labute approximate surface area is 262 Å². The van der Waals surface area contributed by atoms with Crippen LogP contribution >= 0.6 is 0 Å². The van der Waals surface area contributed by atoms with Crippen LogP contribution in [0.5, 0.6) is 0 Å². The summed E-state index contributed by atoms with van der Waals surface area (Å²) in [5.41, 5.74) is 0.447. The Kier molecular flexibility index (Phi) is 20.7. The minimum atomic E-state index is -0.576. The molecule has 0 aliphatic carbocycles. The number of ketones is 2. The maximum absolute atomic E-state index is 13.0. The number of Topliss-reactive ketones (excluding diaryl/α,β-unsaturated/α-hetero) is 2. The lowest BCUT2D eigenvalue weighted by atomic mass is 9.99. The fourth-order valence-electron chi connectivity index (χ4n) is 3.75. The first-order valence-electron chi connectivity index (χ1n) is 15.6. The molecule has 0 fully saturated rings. The Morgan fingerprint density at radius 1 is 0.636 bits per heavy atom. The predicted molar refractivity (Wildman–Crippen MR) is 169 cm³/mol. The van der Waals surface area contributed by atoms with Crippen LogP contribution in [0.1, 0.15) is 93.9 Å². The molecule has 250 valence electrons. The standard InChI is InChI=1S/C32H53N3O9/c1-6-14-40-16-8-10-28(36)25-22-26(29(37)11-9-17-42-19-13-34-31(39)44-32(3,4)5)24-27(23-25)35-30(38)33-12-18-43-21-20-41-15-7-2/h22-24H,6-21H2,1-5H3,(H,34,39)(H2,33,35,38). The summed E-state index contributed by atoms with van der Waals surface area (Å²) in [6, 6.07) is 4.24. The normalized spacial score (nSPS) is 11.2. The van der Waals surface area contributed by atoms with Crippen molar-refractivity contribution >= 4 is 29.4 Å². The van der Waals surface area contributed by atoms with Gasteiger partial charge in [-0.2, -0.15) is 0 Å². The molecule has 3 amide bonds. The van der Waals surface area contributed by atoms with Gasteiger partial charge in [-0.15, -0.1) is 0 Å². The van der Waals surface area contributed by atoms with E-state index in [4.69, 9.17) is 23.7 Å². The highest BCUT2D eigenvalue weighted by molar-refractivity contribution is 6.03. The molecule has 0 bridgehead atoms. The van der Waals surface area contributed by atoms with E-state index in [-0.39, 0.29) is 44.1 Å². The number of urea groups is 1. The van der Waals surface area contributed by atoms with Crippen molar-refractivity contribution in [1.29, 1.82) is 0 Å². The number of alkyl carbamates (subject to hydrolysis) is 1. The molecule has 0 aliphatic heterocycles. The van der Waals surface area contributed by atoms with Crippen LogP contribution in [0.4, 0.5) is 15.3 Å². The minimum Gasteiger partial charge on any atom is -0.444 e. The van der Waals surface area contributed by atoms with Crippen molar-refractivity contribution in [3.8, 4) is 0 Å². The molecular formula is C32H53N3O9. The van der Waals surface area contributed by atoms with Crippen LogP contribution in [0, 0.1) is 0 Å². The van der Waals surface area contributed by atoms with E-state index < -0.39 is 17.7 Å². The summed E-state index contributed by atoms with van der Waals surface area (Å²) in [6.07, 6.45) is 2.79. The van der Waals surface area contributed by atoms with Crippen LogP contribution in [-0.2, 0) is 23.7 Å². The van der Waals surface area contributed by atoms with Gasteiger partial charge in [0, 0.05) is 69.2 Å². The molecule has 0 saturated heterocycles. The first kappa shape index (κ1) is 39.0. The monoisotopic (exact) mass is 623 g/mol. The number of nitrogens with one attached hydrogen (secondary N) is 3. The molecule has 1 rings (SSSR count). The van der Waals surface area contributed by atoms with Crippen LogP contribution < -0.4 is 16.0 Å². The third-order valence-electron chi connectivity index (χ3n) is 5.74. The molecule has 0 heterocycles. The van der Waals surface area contributed by atoms with E-state index in [1.807, 2.05) is 13.8 Å². The fourth-order valence-corrected chi connectivity index (χ4v) is 3.75. The molecule has 0 atom stereocenters. The van der Waals surface area contributed by atoms with Gasteiger partial charge >= 0.3 is 12.1 Å². The lowest BCUT2D eigenvalue weighted by Gasteiger charge is -2.19. The molecule has 12 heteroatoms. The number of amides is 3. The third kappa shape index (κ3) is 20.0. The Morgan fingerprint density at radius 3 is 1.64 bits per heavy atom. The van der Waals surface area contributed by atoms with Crippen LogP contribution in [0.3, 0.4) is 0 Å². The van der Waals surface area contributed by atoms with Gasteiger partial charge < -0.3 is 39.6 Å². The van der Waals surface area contributed by atoms with E-state index in [9.17, 15) is 19.2 Å². The molecule has 0 spiro atoms. The smallest absolute Gasteiger partial charge is 0.407 e. The van der Waals surface area contributed by atoms with Gasteiger partial charge in [0.15, 0.2) is 11.6 Å². The number of carbonyl (C=O) groups excluding carboxylic acids is 4. The summed E-state index contributed by atoms with van der Waals surface area (Å²) in [4.78, 5) is 50.1. The van der Waals surface area contributed by atoms with Crippen molar-refractivity contribution in [3.63, 3.8) is 0 Å². The molecule has 0 aliphatic rings. The van der Waals surface area contributed by atoms with Gasteiger partial charge in [0.2, 0.25) is 0 Å². The van der Waals surface area contributed by atoms with Crippen molar-refractivity contribution in [2.45, 2.75) is 78.7 Å². The van der Waals surface area contributed by atoms with E-state index in [0.717, 1.165) is 12.8 Å². The highest BCUT2D eigenvalue weighted by Crippen LogP contribution is 2.19. The number of rotatable bonds is 24. The summed E-state index contributed by atoms with van der Waals surface area (Å²) in [6.45, 7) is 13.6. The quantitative estimate of drug-likeness (QED) is 0.105. The first-order valence-corrected chi connectivity index (χ1v) is 15.6. The zero-order valence-corrected chi connectivity index (χ0v) is 27.2. The highest BCUT2D eigenvalue weighted by Gasteiger charge is 2.16. The van der Waals surface area contributed by atoms with Gasteiger partial charge in [-0.25, -0.2) is 9.59 Å². The predicted octanol–water partition coefficient (Wildman–Crippen LogP) is 5.15. The van der Waals surface area contributed by atoms with Gasteiger partial charge in [-0.05, 0) is 64.7 Å². The number of hydrogen-bond donors (Lipinski definition) is 3. The van der Waals surface area contributed by atoms with E-state index in [1.54, 1.807) is 39.0 Å². The average molecular weight is 624 g/mol. The molecular weight excluding hydrogens is 570 g/mol. The largest absolute Gasteiger partial charge is 0.444 e. The molecule has 1 aromatic rings. The van der Waals surface area contributed by atoms with E-state index in [2.05, 4.69) is 16.0 Å². The molecule has 0 unspecified atom stereocenters. The summed E-state index contributed by atoms with van der Waals surface area (Å²) in [5.74, 6) is -0.314. The van der Waals surface area contributed by atoms with Crippen LogP contribution in [0.2, 0.25) is 0 Å². The molecule has 3 N–H and O–H groups in total. The van der Waals surface area contributed by atoms with Crippen molar-refractivity contribution in [2.24, 2.45) is 0 Å². The summed E-state index contributed by atoms with van der Waals surface area (Å²) in [7, 11) is 0. The Morgan fingerprint density at radius 2 is 1.11 bits per heavy atom. The SMILES string of the molecule is CCCOCCCC(=O)c1cc(NC(=O)NCCOCCOCCC)cc(C(=O)CCCOCCNC(=O)OC(C)(C)C)c1. The summed E-state index contributed by atoms with van der Waals surface area (Å²) < 4.78 is 26.9. The average Bonchev–Trinajstić information content (AvgIpc) is 2.96. The lowest BCUT2D eigenvalue weighted by molar-refractivity contribution is 0.0497. The Hall–Kier alpha value is -3.06. The zero-order valence-electron chi connectivity index (χ0n) is 27.2. The van der Waals surface area contributed by atoms with E-state index in [1.165, 1.54) is 0 Å². The number of hydrogen-bond acceptors (Lipinski definition) is 9. The van der Waals surface area contributed by atoms with Crippen LogP contribution in [-0.4, -0.2) is 95.2 Å². The van der Waals surface area contributed by atoms with Gasteiger partial charge in [-0.1, -0.05) is 13.8 Å². The fraction of sp³-hybridized carbons (Fsp3) is 0.688. The zero-order chi connectivity index (χ0) is 32.6. The maximum Gasteiger partial charge on any atom is 0.407 e. The van der Waals surface area contributed by atoms with Crippen molar-refractivity contribution in [2.75, 3.05) is 71.3 Å². The highest BCUT2D eigenvalue weighted by atomic mass is 16.6. The van der Waals surface area contributed by atoms with Gasteiger partial charge in [-0.3, -0.25) is 9.59 Å². The molecule has 0 saturated carbocycles. The molecule has 44 heavy (non-hydrogen) atoms. The second-order valence-corrected chi connectivity index (χ2v) is 11.1. The molecule has 1 aromatic carbocycles. The minimum absolute atomic E-state index is 0.136. The topological polar surface area (TPSA) is 151 Å². The van der Waals surface area contributed by atoms with Gasteiger partial charge in [0.1, 0.15) is 5.60 Å². The van der Waals surface area contributed by atoms with Crippen molar-refractivity contribution in [1.82, 2.24) is 10.6 Å². The Balaban J connectivity index is 2.64. The maximum atomic E-state index is 13.0. The molecule has 0 radical (unpaired) electrons. The number of anilines is 1. The van der Waals surface area contributed by atoms with Crippen molar-refractivity contribution in [3.05, 3.63) is 29.3 Å². The summed E-state index contributed by atoms with van der Waals surface area (Å²) in [5, 5.41) is 8.04. The summed E-state index contributed by atoms with van der Waals surface area (Å²) >= 11 is 0. The number of benzene rings is 1. The van der Waals surface area contributed by atoms with Gasteiger partial charge in [0.25, 0.3) is 0 Å². The van der Waals surface area contributed by atoms with Crippen LogP contribution in [0.25, 0.3) is 0 Å². The van der Waals surface area contributed by atoms with E-state index in [0.29, 0.717) is 75.9 Å².